The predicted octanol–water partition coefficient (Wildman–Crippen LogP) is 3.39. The van der Waals surface area contributed by atoms with Gasteiger partial charge in [0.05, 0.1) is 22.3 Å². The number of hydroxylamine groups is 2. The number of rotatable bonds is 7. The molecule has 3 rings (SSSR count). The van der Waals surface area contributed by atoms with Crippen LogP contribution in [0.5, 0.6) is 5.88 Å². The van der Waals surface area contributed by atoms with Crippen molar-refractivity contribution in [2.75, 3.05) is 24.7 Å². The first-order valence-electron chi connectivity index (χ1n) is 10.4. The second kappa shape index (κ2) is 10.3. The van der Waals surface area contributed by atoms with Crippen LogP contribution < -0.4 is 10.1 Å². The van der Waals surface area contributed by atoms with Crippen molar-refractivity contribution in [2.24, 2.45) is 0 Å². The number of anilines is 2. The lowest BCUT2D eigenvalue weighted by atomic mass is 10.1. The van der Waals surface area contributed by atoms with E-state index in [2.05, 4.69) is 15.3 Å². The Kier molecular flexibility index (Phi) is 7.69. The minimum absolute atomic E-state index is 0.0777. The summed E-state index contributed by atoms with van der Waals surface area (Å²) in [5.74, 6) is -0.0378. The predicted molar refractivity (Wildman–Crippen MR) is 117 cm³/mol. The quantitative estimate of drug-likeness (QED) is 0.588. The molecule has 1 N–H and O–H groups in total. The average molecular weight is 483 g/mol. The molecule has 2 aromatic rings. The monoisotopic (exact) mass is 482 g/mol. The SMILES string of the molecule is Cc1c(Nc2ccc(S(C)(=O)=O)cc2F)ncnc1OC1CCN(OC(=O)OC(C)C)CC1. The number of halogens is 1. The summed E-state index contributed by atoms with van der Waals surface area (Å²) >= 11 is 0. The Labute approximate surface area is 191 Å². The number of ether oxygens (including phenoxy) is 2. The van der Waals surface area contributed by atoms with E-state index >= 15 is 0 Å². The number of sulfone groups is 1. The normalized spacial score (nSPS) is 15.3. The van der Waals surface area contributed by atoms with E-state index < -0.39 is 21.8 Å². The van der Waals surface area contributed by atoms with E-state index in [9.17, 15) is 17.6 Å². The van der Waals surface area contributed by atoms with Gasteiger partial charge in [-0.25, -0.2) is 27.6 Å². The van der Waals surface area contributed by atoms with Crippen molar-refractivity contribution in [3.63, 3.8) is 0 Å². The molecule has 1 fully saturated rings. The van der Waals surface area contributed by atoms with Crippen LogP contribution in [0.3, 0.4) is 0 Å². The molecule has 0 amide bonds. The Morgan fingerprint density at radius 1 is 1.24 bits per heavy atom. The van der Waals surface area contributed by atoms with E-state index in [-0.39, 0.29) is 22.8 Å². The summed E-state index contributed by atoms with van der Waals surface area (Å²) in [5, 5.41) is 4.40. The number of benzene rings is 1. The van der Waals surface area contributed by atoms with Gasteiger partial charge in [-0.1, -0.05) is 0 Å². The molecule has 1 aromatic carbocycles. The summed E-state index contributed by atoms with van der Waals surface area (Å²) in [6.07, 6.45) is 2.37. The molecule has 1 aromatic heterocycles. The summed E-state index contributed by atoms with van der Waals surface area (Å²) in [6.45, 7) is 6.18. The lowest BCUT2D eigenvalue weighted by Gasteiger charge is -2.30. The topological polar surface area (TPSA) is 120 Å². The first-order chi connectivity index (χ1) is 15.5. The van der Waals surface area contributed by atoms with E-state index in [1.54, 1.807) is 20.8 Å². The third-order valence-electron chi connectivity index (χ3n) is 4.87. The van der Waals surface area contributed by atoms with E-state index in [0.29, 0.717) is 43.2 Å². The van der Waals surface area contributed by atoms with E-state index in [4.69, 9.17) is 14.3 Å². The largest absolute Gasteiger partial charge is 0.528 e. The highest BCUT2D eigenvalue weighted by Crippen LogP contribution is 2.28. The van der Waals surface area contributed by atoms with Crippen molar-refractivity contribution in [3.8, 4) is 5.88 Å². The molecule has 10 nitrogen and oxygen atoms in total. The third kappa shape index (κ3) is 6.75. The number of nitrogens with one attached hydrogen (secondary N) is 1. The average Bonchev–Trinajstić information content (AvgIpc) is 2.72. The van der Waals surface area contributed by atoms with Gasteiger partial charge in [-0.15, -0.1) is 5.06 Å². The molecule has 0 bridgehead atoms. The molecule has 0 saturated carbocycles. The number of piperidine rings is 1. The molecule has 2 heterocycles. The van der Waals surface area contributed by atoms with Gasteiger partial charge in [-0.05, 0) is 39.0 Å². The zero-order chi connectivity index (χ0) is 24.2. The summed E-state index contributed by atoms with van der Waals surface area (Å²) in [7, 11) is -3.51. The Balaban J connectivity index is 1.62. The lowest BCUT2D eigenvalue weighted by Crippen LogP contribution is -2.40. The molecule has 1 saturated heterocycles. The van der Waals surface area contributed by atoms with Gasteiger partial charge in [-0.2, -0.15) is 0 Å². The molecule has 0 radical (unpaired) electrons. The summed E-state index contributed by atoms with van der Waals surface area (Å²) in [4.78, 5) is 25.0. The number of carbonyl (C=O) groups is 1. The smallest absolute Gasteiger partial charge is 0.474 e. The molecule has 180 valence electrons. The number of aromatic nitrogens is 2. The van der Waals surface area contributed by atoms with Crippen LogP contribution in [0.4, 0.5) is 20.7 Å². The molecular formula is C21H27FN4O6S. The fourth-order valence-electron chi connectivity index (χ4n) is 3.15. The molecular weight excluding hydrogens is 455 g/mol. The van der Waals surface area contributed by atoms with E-state index in [1.807, 2.05) is 0 Å². The number of hydrogen-bond acceptors (Lipinski definition) is 10. The summed E-state index contributed by atoms with van der Waals surface area (Å²) in [5.41, 5.74) is 0.650. The van der Waals surface area contributed by atoms with Gasteiger partial charge in [0.25, 0.3) is 0 Å². The van der Waals surface area contributed by atoms with Crippen LogP contribution in [0.25, 0.3) is 0 Å². The number of hydrogen-bond donors (Lipinski definition) is 1. The number of carbonyl (C=O) groups excluding carboxylic acids is 1. The first-order valence-corrected chi connectivity index (χ1v) is 12.3. The van der Waals surface area contributed by atoms with Crippen LogP contribution in [0.1, 0.15) is 32.3 Å². The maximum absolute atomic E-state index is 14.4. The highest BCUT2D eigenvalue weighted by Gasteiger charge is 2.25. The van der Waals surface area contributed by atoms with Gasteiger partial charge >= 0.3 is 6.16 Å². The van der Waals surface area contributed by atoms with Crippen LogP contribution in [0.2, 0.25) is 0 Å². The molecule has 1 aliphatic rings. The van der Waals surface area contributed by atoms with Crippen LogP contribution in [0.15, 0.2) is 29.4 Å². The summed E-state index contributed by atoms with van der Waals surface area (Å²) < 4.78 is 48.6. The molecule has 12 heteroatoms. The van der Waals surface area contributed by atoms with Crippen molar-refractivity contribution in [1.29, 1.82) is 0 Å². The van der Waals surface area contributed by atoms with Crippen LogP contribution >= 0.6 is 0 Å². The zero-order valence-corrected chi connectivity index (χ0v) is 19.7. The molecule has 0 aliphatic carbocycles. The fourth-order valence-corrected chi connectivity index (χ4v) is 3.79. The van der Waals surface area contributed by atoms with Crippen molar-refractivity contribution in [1.82, 2.24) is 15.0 Å². The van der Waals surface area contributed by atoms with Gasteiger partial charge in [0.2, 0.25) is 5.88 Å². The van der Waals surface area contributed by atoms with E-state index in [0.717, 1.165) is 12.3 Å². The van der Waals surface area contributed by atoms with Gasteiger partial charge in [0.15, 0.2) is 9.84 Å². The molecule has 0 unspecified atom stereocenters. The standard InChI is InChI=1S/C21H27FN4O6S/c1-13(2)30-21(27)32-26-9-7-15(8-10-26)31-20-14(3)19(23-12-24-20)25-18-6-5-16(11-17(18)22)33(4,28)29/h5-6,11-13,15H,7-10H2,1-4H3,(H,23,24,25). The van der Waals surface area contributed by atoms with E-state index in [1.165, 1.54) is 23.5 Å². The molecule has 0 atom stereocenters. The van der Waals surface area contributed by atoms with Crippen molar-refractivity contribution < 1.29 is 31.9 Å². The molecule has 33 heavy (non-hydrogen) atoms. The van der Waals surface area contributed by atoms with Gasteiger partial charge < -0.3 is 19.6 Å². The first kappa shape index (κ1) is 24.6. The molecule has 1 aliphatic heterocycles. The highest BCUT2D eigenvalue weighted by molar-refractivity contribution is 7.90. The molecule has 0 spiro atoms. The highest BCUT2D eigenvalue weighted by atomic mass is 32.2. The van der Waals surface area contributed by atoms with Crippen LogP contribution in [0, 0.1) is 12.7 Å². The Hall–Kier alpha value is -2.99. The minimum atomic E-state index is -3.51. The van der Waals surface area contributed by atoms with Gasteiger partial charge in [-0.3, -0.25) is 0 Å². The fraction of sp³-hybridized carbons (Fsp3) is 0.476. The van der Waals surface area contributed by atoms with Crippen molar-refractivity contribution in [2.45, 2.75) is 50.7 Å². The van der Waals surface area contributed by atoms with Crippen molar-refractivity contribution >= 4 is 27.5 Å². The van der Waals surface area contributed by atoms with Gasteiger partial charge in [0, 0.05) is 32.2 Å². The second-order valence-electron chi connectivity index (χ2n) is 7.95. The lowest BCUT2D eigenvalue weighted by molar-refractivity contribution is -0.151. The Bertz CT molecular complexity index is 1100. The minimum Gasteiger partial charge on any atom is -0.474 e. The van der Waals surface area contributed by atoms with Crippen molar-refractivity contribution in [3.05, 3.63) is 35.9 Å². The van der Waals surface area contributed by atoms with Crippen LogP contribution in [-0.4, -0.2) is 61.2 Å². The zero-order valence-electron chi connectivity index (χ0n) is 18.9. The second-order valence-corrected chi connectivity index (χ2v) is 9.96. The summed E-state index contributed by atoms with van der Waals surface area (Å²) in [6, 6.07) is 3.62. The maximum atomic E-state index is 14.4. The maximum Gasteiger partial charge on any atom is 0.528 e. The van der Waals surface area contributed by atoms with Gasteiger partial charge in [0.1, 0.15) is 24.1 Å². The third-order valence-corrected chi connectivity index (χ3v) is 5.98. The Morgan fingerprint density at radius 3 is 2.55 bits per heavy atom. The van der Waals surface area contributed by atoms with Crippen LogP contribution in [-0.2, 0) is 19.4 Å². The number of nitrogens with zero attached hydrogens (tertiary/aromatic N) is 3. The Morgan fingerprint density at radius 2 is 1.94 bits per heavy atom.